The van der Waals surface area contributed by atoms with Crippen molar-refractivity contribution in [3.05, 3.63) is 0 Å². The normalized spacial score (nSPS) is 23.4. The lowest BCUT2D eigenvalue weighted by Crippen LogP contribution is -2.45. The van der Waals surface area contributed by atoms with Crippen molar-refractivity contribution in [2.24, 2.45) is 11.7 Å². The lowest BCUT2D eigenvalue weighted by Gasteiger charge is -2.36. The summed E-state index contributed by atoms with van der Waals surface area (Å²) in [7, 11) is 3.88. The lowest BCUT2D eigenvalue weighted by molar-refractivity contribution is -0.131. The smallest absolute Gasteiger partial charge is 0.236 e. The Morgan fingerprint density at radius 3 is 2.53 bits per heavy atom. The molecule has 0 radical (unpaired) electrons. The van der Waals surface area contributed by atoms with E-state index in [0.717, 1.165) is 0 Å². The molecule has 1 saturated carbocycles. The molecule has 0 spiro atoms. The zero-order valence-electron chi connectivity index (χ0n) is 12.4. The molecule has 110 valence electrons. The van der Waals surface area contributed by atoms with Gasteiger partial charge in [0.1, 0.15) is 0 Å². The Kier molecular flexibility index (Phi) is 6.72. The maximum Gasteiger partial charge on any atom is 0.236 e. The van der Waals surface area contributed by atoms with Crippen LogP contribution in [0.2, 0.25) is 0 Å². The number of nitrogens with zero attached hydrogens (tertiary/aromatic N) is 2. The van der Waals surface area contributed by atoms with E-state index in [-0.39, 0.29) is 5.91 Å². The molecule has 0 aromatic carbocycles. The minimum Gasteiger partial charge on any atom is -0.393 e. The number of carbonyl (C=O) groups is 1. The maximum absolute atomic E-state index is 12.1. The molecule has 1 amide bonds. The van der Waals surface area contributed by atoms with Gasteiger partial charge >= 0.3 is 0 Å². The predicted octanol–water partition coefficient (Wildman–Crippen LogP) is 1.63. The van der Waals surface area contributed by atoms with Crippen LogP contribution in [0.3, 0.4) is 0 Å². The van der Waals surface area contributed by atoms with E-state index in [1.54, 1.807) is 4.90 Å². The van der Waals surface area contributed by atoms with Crippen LogP contribution in [0, 0.1) is 5.92 Å². The summed E-state index contributed by atoms with van der Waals surface area (Å²) in [5.41, 5.74) is 5.46. The molecular formula is C14H27N3OS. The van der Waals surface area contributed by atoms with Crippen LogP contribution >= 0.6 is 12.2 Å². The van der Waals surface area contributed by atoms with Crippen molar-refractivity contribution in [2.75, 3.05) is 27.2 Å². The summed E-state index contributed by atoms with van der Waals surface area (Å²) in [5.74, 6) is 0.838. The van der Waals surface area contributed by atoms with Gasteiger partial charge in [-0.1, -0.05) is 32.0 Å². The number of likely N-dealkylation sites (N-methyl/N-ethyl adjacent to an activating group) is 2. The highest BCUT2D eigenvalue weighted by Crippen LogP contribution is 2.27. The lowest BCUT2D eigenvalue weighted by atomic mass is 9.85. The zero-order valence-corrected chi connectivity index (χ0v) is 13.2. The van der Waals surface area contributed by atoms with Crippen molar-refractivity contribution >= 4 is 23.1 Å². The predicted molar refractivity (Wildman–Crippen MR) is 83.1 cm³/mol. The number of carbonyl (C=O) groups excluding carboxylic acids is 1. The van der Waals surface area contributed by atoms with Crippen LogP contribution in [0.5, 0.6) is 0 Å². The number of amides is 1. The summed E-state index contributed by atoms with van der Waals surface area (Å²) in [6.45, 7) is 3.40. The van der Waals surface area contributed by atoms with Gasteiger partial charge in [-0.3, -0.25) is 9.69 Å². The largest absolute Gasteiger partial charge is 0.393 e. The minimum atomic E-state index is 0.150. The summed E-state index contributed by atoms with van der Waals surface area (Å²) in [6, 6.07) is 0.543. The van der Waals surface area contributed by atoms with Gasteiger partial charge < -0.3 is 10.6 Å². The molecule has 5 heteroatoms. The first-order chi connectivity index (χ1) is 8.91. The Bertz CT molecular complexity index is 322. The molecule has 0 aromatic rings. The number of hydrogen-bond acceptors (Lipinski definition) is 3. The molecule has 1 rings (SSSR count). The third-order valence-electron chi connectivity index (χ3n) is 4.14. The number of thiocarbonyl (C=S) groups is 1. The van der Waals surface area contributed by atoms with E-state index in [2.05, 4.69) is 18.9 Å². The average Bonchev–Trinajstić information content (AvgIpc) is 2.36. The molecule has 0 heterocycles. The van der Waals surface area contributed by atoms with Gasteiger partial charge in [-0.25, -0.2) is 0 Å². The van der Waals surface area contributed by atoms with Crippen LogP contribution in [0.4, 0.5) is 0 Å². The average molecular weight is 285 g/mol. The molecule has 2 N–H and O–H groups in total. The van der Waals surface area contributed by atoms with E-state index >= 15 is 0 Å². The van der Waals surface area contributed by atoms with E-state index in [9.17, 15) is 4.79 Å². The second-order valence-electron chi connectivity index (χ2n) is 5.78. The van der Waals surface area contributed by atoms with Gasteiger partial charge in [-0.2, -0.15) is 0 Å². The van der Waals surface area contributed by atoms with Crippen molar-refractivity contribution < 1.29 is 4.79 Å². The fourth-order valence-corrected chi connectivity index (χ4v) is 2.90. The van der Waals surface area contributed by atoms with Crippen LogP contribution in [0.15, 0.2) is 0 Å². The number of nitrogens with two attached hydrogens (primary N) is 1. The van der Waals surface area contributed by atoms with Crippen molar-refractivity contribution in [2.45, 2.75) is 45.1 Å². The molecule has 0 bridgehead atoms. The van der Waals surface area contributed by atoms with Gasteiger partial charge in [-0.15, -0.1) is 0 Å². The highest BCUT2D eigenvalue weighted by Gasteiger charge is 2.26. The highest BCUT2D eigenvalue weighted by molar-refractivity contribution is 7.80. The minimum absolute atomic E-state index is 0.150. The molecule has 2 atom stereocenters. The fraction of sp³-hybridized carbons (Fsp3) is 0.857. The van der Waals surface area contributed by atoms with Crippen molar-refractivity contribution in [1.82, 2.24) is 9.80 Å². The molecule has 19 heavy (non-hydrogen) atoms. The second-order valence-corrected chi connectivity index (χ2v) is 6.30. The van der Waals surface area contributed by atoms with E-state index in [4.69, 9.17) is 18.0 Å². The maximum atomic E-state index is 12.1. The molecule has 1 aliphatic rings. The van der Waals surface area contributed by atoms with E-state index < -0.39 is 0 Å². The summed E-state index contributed by atoms with van der Waals surface area (Å²) in [4.78, 5) is 16.5. The molecule has 1 fully saturated rings. The molecule has 4 nitrogen and oxygen atoms in total. The van der Waals surface area contributed by atoms with Crippen LogP contribution < -0.4 is 5.73 Å². The number of rotatable bonds is 6. The van der Waals surface area contributed by atoms with Gasteiger partial charge in [0.05, 0.1) is 11.5 Å². The summed E-state index contributed by atoms with van der Waals surface area (Å²) in [6.07, 6.45) is 5.70. The molecule has 0 saturated heterocycles. The molecule has 2 unspecified atom stereocenters. The van der Waals surface area contributed by atoms with Crippen LogP contribution in [-0.2, 0) is 4.79 Å². The van der Waals surface area contributed by atoms with Gasteiger partial charge in [0.15, 0.2) is 0 Å². The van der Waals surface area contributed by atoms with Gasteiger partial charge in [0.2, 0.25) is 5.91 Å². The number of hydrogen-bond donors (Lipinski definition) is 1. The molecule has 1 aliphatic carbocycles. The van der Waals surface area contributed by atoms with Crippen LogP contribution in [0.25, 0.3) is 0 Å². The Hall–Kier alpha value is -0.680. The molecule has 0 aromatic heterocycles. The van der Waals surface area contributed by atoms with Crippen LogP contribution in [0.1, 0.15) is 39.0 Å². The monoisotopic (exact) mass is 285 g/mol. The first-order valence-corrected chi connectivity index (χ1v) is 7.55. The Morgan fingerprint density at radius 2 is 1.95 bits per heavy atom. The van der Waals surface area contributed by atoms with Crippen molar-refractivity contribution in [3.8, 4) is 0 Å². The van der Waals surface area contributed by atoms with E-state index in [1.807, 2.05) is 7.05 Å². The van der Waals surface area contributed by atoms with Crippen LogP contribution in [-0.4, -0.2) is 53.9 Å². The Balaban J connectivity index is 2.39. The van der Waals surface area contributed by atoms with Gasteiger partial charge in [0.25, 0.3) is 0 Å². The first kappa shape index (κ1) is 16.4. The zero-order chi connectivity index (χ0) is 14.4. The fourth-order valence-electron chi connectivity index (χ4n) is 2.81. The van der Waals surface area contributed by atoms with E-state index in [0.29, 0.717) is 36.5 Å². The molecule has 0 aliphatic heterocycles. The first-order valence-electron chi connectivity index (χ1n) is 7.14. The molecular weight excluding hydrogens is 258 g/mol. The summed E-state index contributed by atoms with van der Waals surface area (Å²) >= 11 is 4.84. The van der Waals surface area contributed by atoms with E-state index in [1.165, 1.54) is 25.7 Å². The Morgan fingerprint density at radius 1 is 1.32 bits per heavy atom. The highest BCUT2D eigenvalue weighted by atomic mass is 32.1. The van der Waals surface area contributed by atoms with Crippen molar-refractivity contribution in [1.29, 1.82) is 0 Å². The topological polar surface area (TPSA) is 49.6 Å². The summed E-state index contributed by atoms with van der Waals surface area (Å²) in [5, 5.41) is 0. The quantitative estimate of drug-likeness (QED) is 0.754. The third-order valence-corrected chi connectivity index (χ3v) is 4.34. The SMILES string of the molecule is CC1CCCCC1N(C)CC(=O)N(C)CCC(N)=S. The van der Waals surface area contributed by atoms with Crippen molar-refractivity contribution in [3.63, 3.8) is 0 Å². The van der Waals surface area contributed by atoms with Gasteiger partial charge in [-0.05, 0) is 25.8 Å². The standard InChI is InChI=1S/C14H27N3OS/c1-11-6-4-5-7-12(11)17(3)10-14(18)16(2)9-8-13(15)19/h11-12H,4-10H2,1-3H3,(H2,15,19). The second kappa shape index (κ2) is 7.80. The van der Waals surface area contributed by atoms with Gasteiger partial charge in [0, 0.05) is 26.1 Å². The summed E-state index contributed by atoms with van der Waals surface area (Å²) < 4.78 is 0. The third kappa shape index (κ3) is 5.45. The Labute approximate surface area is 122 Å².